The monoisotopic (exact) mass is 275 g/mol. The van der Waals surface area contributed by atoms with E-state index in [-0.39, 0.29) is 17.9 Å². The molecule has 108 valence electrons. The fourth-order valence-corrected chi connectivity index (χ4v) is 2.61. The predicted octanol–water partition coefficient (Wildman–Crippen LogP) is 2.10. The molecule has 1 aliphatic carbocycles. The van der Waals surface area contributed by atoms with E-state index in [2.05, 4.69) is 10.6 Å². The van der Waals surface area contributed by atoms with Crippen molar-refractivity contribution in [3.63, 3.8) is 0 Å². The van der Waals surface area contributed by atoms with Crippen LogP contribution in [0.15, 0.2) is 24.3 Å². The van der Waals surface area contributed by atoms with Gasteiger partial charge in [0.15, 0.2) is 0 Å². The lowest BCUT2D eigenvalue weighted by molar-refractivity contribution is -0.117. The normalized spacial score (nSPS) is 21.5. The van der Waals surface area contributed by atoms with Gasteiger partial charge < -0.3 is 16.4 Å². The molecule has 5 nitrogen and oxygen atoms in total. The van der Waals surface area contributed by atoms with E-state index < -0.39 is 0 Å². The van der Waals surface area contributed by atoms with Crippen molar-refractivity contribution in [1.82, 2.24) is 0 Å². The van der Waals surface area contributed by atoms with Gasteiger partial charge in [0.1, 0.15) is 0 Å². The molecule has 0 aromatic heterocycles. The Morgan fingerprint density at radius 2 is 1.75 bits per heavy atom. The predicted molar refractivity (Wildman–Crippen MR) is 79.3 cm³/mol. The second kappa shape index (κ2) is 6.52. The Morgan fingerprint density at radius 3 is 2.25 bits per heavy atom. The average molecular weight is 275 g/mol. The Hall–Kier alpha value is -1.88. The maximum absolute atomic E-state index is 11.9. The molecule has 4 N–H and O–H groups in total. The number of nitrogens with one attached hydrogen (secondary N) is 2. The summed E-state index contributed by atoms with van der Waals surface area (Å²) in [5, 5.41) is 5.54. The highest BCUT2D eigenvalue weighted by Gasteiger charge is 2.25. The summed E-state index contributed by atoms with van der Waals surface area (Å²) in [6.07, 6.45) is 3.65. The fourth-order valence-electron chi connectivity index (χ4n) is 2.61. The van der Waals surface area contributed by atoms with Crippen LogP contribution in [-0.4, -0.2) is 17.9 Å². The van der Waals surface area contributed by atoms with Crippen molar-refractivity contribution in [2.75, 3.05) is 10.6 Å². The van der Waals surface area contributed by atoms with Gasteiger partial charge in [0.2, 0.25) is 11.8 Å². The van der Waals surface area contributed by atoms with Crippen molar-refractivity contribution < 1.29 is 9.59 Å². The van der Waals surface area contributed by atoms with Gasteiger partial charge in [-0.05, 0) is 43.0 Å². The quantitative estimate of drug-likeness (QED) is 0.786. The minimum atomic E-state index is -0.114. The largest absolute Gasteiger partial charge is 0.327 e. The molecule has 0 radical (unpaired) electrons. The summed E-state index contributed by atoms with van der Waals surface area (Å²) < 4.78 is 0. The Bertz CT molecular complexity index is 484. The molecule has 0 saturated heterocycles. The van der Waals surface area contributed by atoms with E-state index in [1.54, 1.807) is 24.3 Å². The first-order chi connectivity index (χ1) is 9.54. The van der Waals surface area contributed by atoms with E-state index >= 15 is 0 Å². The molecule has 1 fully saturated rings. The van der Waals surface area contributed by atoms with E-state index in [0.29, 0.717) is 18.0 Å². The molecule has 2 rings (SSSR count). The fraction of sp³-hybridized carbons (Fsp3) is 0.467. The van der Waals surface area contributed by atoms with Crippen molar-refractivity contribution in [1.29, 1.82) is 0 Å². The Morgan fingerprint density at radius 1 is 1.15 bits per heavy atom. The maximum atomic E-state index is 11.9. The Labute approximate surface area is 118 Å². The van der Waals surface area contributed by atoms with E-state index in [0.717, 1.165) is 24.9 Å². The van der Waals surface area contributed by atoms with Crippen molar-refractivity contribution in [3.05, 3.63) is 24.3 Å². The molecular formula is C15H21N3O2. The number of amides is 2. The van der Waals surface area contributed by atoms with Crippen LogP contribution < -0.4 is 16.4 Å². The number of carbonyl (C=O) groups is 2. The molecule has 0 heterocycles. The standard InChI is InChI=1S/C15H21N3O2/c1-10(19)17-12-5-7-13(8-6-12)18-15(20)9-11-3-2-4-14(11)16/h5-8,11,14H,2-4,9,16H2,1H3,(H,17,19)(H,18,20)/t11-,14+/m0/s1. The summed E-state index contributed by atoms with van der Waals surface area (Å²) >= 11 is 0. The van der Waals surface area contributed by atoms with Crippen molar-refractivity contribution in [2.45, 2.75) is 38.6 Å². The number of hydrogen-bond donors (Lipinski definition) is 3. The highest BCUT2D eigenvalue weighted by Crippen LogP contribution is 2.27. The summed E-state index contributed by atoms with van der Waals surface area (Å²) in [4.78, 5) is 22.8. The molecule has 1 aromatic carbocycles. The van der Waals surface area contributed by atoms with Gasteiger partial charge in [0.25, 0.3) is 0 Å². The zero-order chi connectivity index (χ0) is 14.5. The number of carbonyl (C=O) groups excluding carboxylic acids is 2. The second-order valence-electron chi connectivity index (χ2n) is 5.37. The lowest BCUT2D eigenvalue weighted by atomic mass is 10.00. The van der Waals surface area contributed by atoms with Crippen LogP contribution in [0.4, 0.5) is 11.4 Å². The third-order valence-electron chi connectivity index (χ3n) is 3.65. The second-order valence-corrected chi connectivity index (χ2v) is 5.37. The maximum Gasteiger partial charge on any atom is 0.224 e. The summed E-state index contributed by atoms with van der Waals surface area (Å²) in [6, 6.07) is 7.23. The van der Waals surface area contributed by atoms with Crippen LogP contribution in [0.3, 0.4) is 0 Å². The summed E-state index contributed by atoms with van der Waals surface area (Å²) in [5.41, 5.74) is 7.41. The van der Waals surface area contributed by atoms with Gasteiger partial charge in [0.05, 0.1) is 0 Å². The van der Waals surface area contributed by atoms with Gasteiger partial charge in [0, 0.05) is 30.8 Å². The van der Waals surface area contributed by atoms with Gasteiger partial charge in [-0.1, -0.05) is 6.42 Å². The number of anilines is 2. The third kappa shape index (κ3) is 4.06. The van der Waals surface area contributed by atoms with Gasteiger partial charge in [-0.25, -0.2) is 0 Å². The van der Waals surface area contributed by atoms with Crippen LogP contribution in [0.25, 0.3) is 0 Å². The van der Waals surface area contributed by atoms with E-state index in [9.17, 15) is 9.59 Å². The van der Waals surface area contributed by atoms with Crippen LogP contribution in [0, 0.1) is 5.92 Å². The lowest BCUT2D eigenvalue weighted by Gasteiger charge is -2.14. The van der Waals surface area contributed by atoms with Crippen LogP contribution in [0.5, 0.6) is 0 Å². The van der Waals surface area contributed by atoms with Crippen LogP contribution in [-0.2, 0) is 9.59 Å². The molecule has 0 aliphatic heterocycles. The topological polar surface area (TPSA) is 84.2 Å². The van der Waals surface area contributed by atoms with Crippen LogP contribution in [0.1, 0.15) is 32.6 Å². The molecule has 0 spiro atoms. The summed E-state index contributed by atoms with van der Waals surface area (Å²) in [6.45, 7) is 1.46. The molecule has 1 aliphatic rings. The minimum Gasteiger partial charge on any atom is -0.327 e. The highest BCUT2D eigenvalue weighted by atomic mass is 16.2. The van der Waals surface area contributed by atoms with Gasteiger partial charge >= 0.3 is 0 Å². The number of rotatable bonds is 4. The first kappa shape index (κ1) is 14.5. The Kier molecular flexibility index (Phi) is 4.74. The highest BCUT2D eigenvalue weighted by molar-refractivity contribution is 5.92. The number of hydrogen-bond acceptors (Lipinski definition) is 3. The van der Waals surface area contributed by atoms with Crippen molar-refractivity contribution in [3.8, 4) is 0 Å². The van der Waals surface area contributed by atoms with Gasteiger partial charge in [-0.15, -0.1) is 0 Å². The lowest BCUT2D eigenvalue weighted by Crippen LogP contribution is -2.28. The van der Waals surface area contributed by atoms with Crippen LogP contribution >= 0.6 is 0 Å². The molecular weight excluding hydrogens is 254 g/mol. The summed E-state index contributed by atoms with van der Waals surface area (Å²) in [5.74, 6) is 0.185. The molecule has 2 amide bonds. The molecule has 5 heteroatoms. The third-order valence-corrected chi connectivity index (χ3v) is 3.65. The van der Waals surface area contributed by atoms with E-state index in [4.69, 9.17) is 5.73 Å². The number of nitrogens with two attached hydrogens (primary N) is 1. The smallest absolute Gasteiger partial charge is 0.224 e. The molecule has 20 heavy (non-hydrogen) atoms. The first-order valence-corrected chi connectivity index (χ1v) is 6.97. The SMILES string of the molecule is CC(=O)Nc1ccc(NC(=O)C[C@@H]2CCC[C@H]2N)cc1. The zero-order valence-corrected chi connectivity index (χ0v) is 11.7. The molecule has 1 saturated carbocycles. The Balaban J connectivity index is 1.86. The van der Waals surface area contributed by atoms with Gasteiger partial charge in [-0.3, -0.25) is 9.59 Å². The van der Waals surface area contributed by atoms with E-state index in [1.807, 2.05) is 0 Å². The number of benzene rings is 1. The van der Waals surface area contributed by atoms with E-state index in [1.165, 1.54) is 6.92 Å². The molecule has 2 atom stereocenters. The average Bonchev–Trinajstić information content (AvgIpc) is 2.77. The summed E-state index contributed by atoms with van der Waals surface area (Å²) in [7, 11) is 0. The molecule has 0 unspecified atom stereocenters. The first-order valence-electron chi connectivity index (χ1n) is 6.97. The molecule has 0 bridgehead atoms. The van der Waals surface area contributed by atoms with Gasteiger partial charge in [-0.2, -0.15) is 0 Å². The van der Waals surface area contributed by atoms with Crippen molar-refractivity contribution >= 4 is 23.2 Å². The zero-order valence-electron chi connectivity index (χ0n) is 11.7. The van der Waals surface area contributed by atoms with Crippen LogP contribution in [0.2, 0.25) is 0 Å². The van der Waals surface area contributed by atoms with Crippen molar-refractivity contribution in [2.24, 2.45) is 11.7 Å². The minimum absolute atomic E-state index is 0.000345. The molecule has 1 aromatic rings.